The zero-order valence-electron chi connectivity index (χ0n) is 15.7. The van der Waals surface area contributed by atoms with E-state index in [1.165, 1.54) is 24.3 Å². The second-order valence-electron chi connectivity index (χ2n) is 6.96. The number of hydrogen-bond donors (Lipinski definition) is 2. The van der Waals surface area contributed by atoms with Crippen LogP contribution in [0.1, 0.15) is 24.0 Å². The number of alkyl halides is 2. The first-order valence-electron chi connectivity index (χ1n) is 9.28. The Morgan fingerprint density at radius 3 is 2.46 bits per heavy atom. The molecule has 2 aromatic rings. The smallest absolute Gasteiger partial charge is 0.302 e. The molecule has 28 heavy (non-hydrogen) atoms. The van der Waals surface area contributed by atoms with Gasteiger partial charge in [0.1, 0.15) is 18.1 Å². The van der Waals surface area contributed by atoms with Gasteiger partial charge in [-0.3, -0.25) is 4.90 Å². The fraction of sp³-hybridized carbons (Fsp3) is 0.364. The Kier molecular flexibility index (Phi) is 6.44. The van der Waals surface area contributed by atoms with Gasteiger partial charge in [0.2, 0.25) is 0 Å². The Labute approximate surface area is 163 Å². The third-order valence-electron chi connectivity index (χ3n) is 5.10. The summed E-state index contributed by atoms with van der Waals surface area (Å²) in [7, 11) is 1.59. The molecular weight excluding hydrogens is 364 g/mol. The summed E-state index contributed by atoms with van der Waals surface area (Å²) in [6, 6.07) is 14.6. The molecular formula is C22H25F2NO3. The van der Waals surface area contributed by atoms with E-state index in [4.69, 9.17) is 4.74 Å². The third kappa shape index (κ3) is 4.58. The molecule has 6 heteroatoms. The van der Waals surface area contributed by atoms with Crippen molar-refractivity contribution in [3.63, 3.8) is 0 Å². The zero-order valence-corrected chi connectivity index (χ0v) is 15.7. The Balaban J connectivity index is 1.69. The predicted molar refractivity (Wildman–Crippen MR) is 103 cm³/mol. The molecule has 2 unspecified atom stereocenters. The average Bonchev–Trinajstić information content (AvgIpc) is 3.06. The molecule has 0 radical (unpaired) electrons. The number of aliphatic hydroxyl groups is 2. The molecule has 0 spiro atoms. The molecule has 0 amide bonds. The van der Waals surface area contributed by atoms with E-state index in [1.54, 1.807) is 19.3 Å². The van der Waals surface area contributed by atoms with Crippen molar-refractivity contribution < 1.29 is 23.7 Å². The van der Waals surface area contributed by atoms with E-state index < -0.39 is 18.3 Å². The number of nitrogens with zero attached hydrogens (tertiary/aromatic N) is 1. The highest BCUT2D eigenvalue weighted by molar-refractivity contribution is 5.27. The van der Waals surface area contributed by atoms with Gasteiger partial charge in [0, 0.05) is 18.2 Å². The molecule has 4 nitrogen and oxygen atoms in total. The first-order valence-corrected chi connectivity index (χ1v) is 9.28. The molecule has 3 atom stereocenters. The maximum atomic E-state index is 14.4. The van der Waals surface area contributed by atoms with Crippen LogP contribution in [0.15, 0.2) is 66.7 Å². The third-order valence-corrected chi connectivity index (χ3v) is 5.10. The summed E-state index contributed by atoms with van der Waals surface area (Å²) in [5, 5.41) is 20.3. The van der Waals surface area contributed by atoms with Crippen LogP contribution in [0.2, 0.25) is 0 Å². The lowest BCUT2D eigenvalue weighted by molar-refractivity contribution is -0.0930. The first kappa shape index (κ1) is 20.5. The molecule has 0 aliphatic carbocycles. The molecule has 2 N–H and O–H groups in total. The number of ether oxygens (including phenoxy) is 1. The number of methoxy groups -OCH3 is 1. The molecule has 0 bridgehead atoms. The zero-order chi connectivity index (χ0) is 20.1. The van der Waals surface area contributed by atoms with Crippen LogP contribution >= 0.6 is 0 Å². The number of likely N-dealkylation sites (tertiary alicyclic amines) is 1. The molecule has 1 heterocycles. The lowest BCUT2D eigenvalue weighted by Crippen LogP contribution is -2.35. The standard InChI is InChI=1S/C22H25F2NO3/c1-28-19-11-7-16(8-12-19)15-25-18(10-14-21(25)27)9-13-20(26)22(23,24)17-5-3-2-4-6-17/h2-9,11-13,18,20-21,26-27H,10,14-15H2,1H3/b13-9+/t18-,20?,21?/m0/s1. The summed E-state index contributed by atoms with van der Waals surface area (Å²) in [5.41, 5.74) is 0.754. The van der Waals surface area contributed by atoms with Crippen molar-refractivity contribution in [1.82, 2.24) is 4.90 Å². The molecule has 1 aliphatic rings. The van der Waals surface area contributed by atoms with Crippen molar-refractivity contribution in [1.29, 1.82) is 0 Å². The van der Waals surface area contributed by atoms with Crippen LogP contribution < -0.4 is 4.74 Å². The molecule has 0 saturated carbocycles. The van der Waals surface area contributed by atoms with Gasteiger partial charge in [0.05, 0.1) is 7.11 Å². The number of hydrogen-bond acceptors (Lipinski definition) is 4. The van der Waals surface area contributed by atoms with E-state index in [0.717, 1.165) is 17.4 Å². The molecule has 3 rings (SSSR count). The summed E-state index contributed by atoms with van der Waals surface area (Å²) in [5.74, 6) is -2.64. The highest BCUT2D eigenvalue weighted by Crippen LogP contribution is 2.33. The van der Waals surface area contributed by atoms with E-state index in [9.17, 15) is 19.0 Å². The van der Waals surface area contributed by atoms with Crippen LogP contribution in [-0.2, 0) is 12.5 Å². The van der Waals surface area contributed by atoms with Gasteiger partial charge in [-0.05, 0) is 30.5 Å². The summed E-state index contributed by atoms with van der Waals surface area (Å²) in [4.78, 5) is 1.84. The minimum atomic E-state index is -3.38. The highest BCUT2D eigenvalue weighted by atomic mass is 19.3. The van der Waals surface area contributed by atoms with Crippen LogP contribution in [0.5, 0.6) is 5.75 Å². The van der Waals surface area contributed by atoms with Gasteiger partial charge < -0.3 is 14.9 Å². The van der Waals surface area contributed by atoms with Crippen LogP contribution in [0.25, 0.3) is 0 Å². The Bertz CT molecular complexity index is 780. The second-order valence-corrected chi connectivity index (χ2v) is 6.96. The van der Waals surface area contributed by atoms with E-state index in [1.807, 2.05) is 29.2 Å². The van der Waals surface area contributed by atoms with Gasteiger partial charge in [0.15, 0.2) is 0 Å². The summed E-state index contributed by atoms with van der Waals surface area (Å²) < 4.78 is 34.0. The molecule has 1 fully saturated rings. The van der Waals surface area contributed by atoms with Gasteiger partial charge in [-0.1, -0.05) is 54.6 Å². The number of halogens is 2. The average molecular weight is 389 g/mol. The largest absolute Gasteiger partial charge is 0.497 e. The van der Waals surface area contributed by atoms with Crippen molar-refractivity contribution in [3.05, 3.63) is 77.9 Å². The predicted octanol–water partition coefficient (Wildman–Crippen LogP) is 3.69. The SMILES string of the molecule is COc1ccc(CN2C(O)CC[C@@H]2/C=C/C(O)C(F)(F)c2ccccc2)cc1. The fourth-order valence-corrected chi connectivity index (χ4v) is 3.43. The van der Waals surface area contributed by atoms with Gasteiger partial charge >= 0.3 is 5.92 Å². The number of rotatable bonds is 7. The Morgan fingerprint density at radius 1 is 1.14 bits per heavy atom. The van der Waals surface area contributed by atoms with Crippen molar-refractivity contribution >= 4 is 0 Å². The van der Waals surface area contributed by atoms with Crippen LogP contribution in [0.3, 0.4) is 0 Å². The maximum absolute atomic E-state index is 14.4. The quantitative estimate of drug-likeness (QED) is 0.710. The van der Waals surface area contributed by atoms with Crippen molar-refractivity contribution in [2.75, 3.05) is 7.11 Å². The monoisotopic (exact) mass is 389 g/mol. The molecule has 2 aromatic carbocycles. The fourth-order valence-electron chi connectivity index (χ4n) is 3.43. The maximum Gasteiger partial charge on any atom is 0.302 e. The number of aliphatic hydroxyl groups excluding tert-OH is 2. The first-order chi connectivity index (χ1) is 13.4. The lowest BCUT2D eigenvalue weighted by Gasteiger charge is -2.26. The van der Waals surface area contributed by atoms with Gasteiger partial charge in [0.25, 0.3) is 0 Å². The van der Waals surface area contributed by atoms with Crippen molar-refractivity contribution in [3.8, 4) is 5.75 Å². The highest BCUT2D eigenvalue weighted by Gasteiger charge is 2.39. The second kappa shape index (κ2) is 8.82. The summed E-state index contributed by atoms with van der Waals surface area (Å²) in [6.07, 6.45) is 1.31. The number of benzene rings is 2. The topological polar surface area (TPSA) is 52.9 Å². The molecule has 150 valence electrons. The minimum Gasteiger partial charge on any atom is -0.497 e. The minimum absolute atomic E-state index is 0.224. The van der Waals surface area contributed by atoms with E-state index in [0.29, 0.717) is 19.4 Å². The summed E-state index contributed by atoms with van der Waals surface area (Å²) >= 11 is 0. The van der Waals surface area contributed by atoms with Gasteiger partial charge in [-0.15, -0.1) is 0 Å². The van der Waals surface area contributed by atoms with Crippen molar-refractivity contribution in [2.24, 2.45) is 0 Å². The molecule has 0 aromatic heterocycles. The molecule has 1 saturated heterocycles. The Hall–Kier alpha value is -2.28. The van der Waals surface area contributed by atoms with Crippen LogP contribution in [0.4, 0.5) is 8.78 Å². The van der Waals surface area contributed by atoms with Crippen molar-refractivity contribution in [2.45, 2.75) is 43.7 Å². The van der Waals surface area contributed by atoms with E-state index in [2.05, 4.69) is 0 Å². The van der Waals surface area contributed by atoms with Crippen LogP contribution in [0, 0.1) is 0 Å². The van der Waals surface area contributed by atoms with Crippen LogP contribution in [-0.4, -0.2) is 40.6 Å². The Morgan fingerprint density at radius 2 is 1.82 bits per heavy atom. The van der Waals surface area contributed by atoms with E-state index >= 15 is 0 Å². The lowest BCUT2D eigenvalue weighted by atomic mass is 10.0. The summed E-state index contributed by atoms with van der Waals surface area (Å²) in [6.45, 7) is 0.478. The van der Waals surface area contributed by atoms with Gasteiger partial charge in [-0.2, -0.15) is 8.78 Å². The molecule has 1 aliphatic heterocycles. The normalized spacial score (nSPS) is 21.9. The van der Waals surface area contributed by atoms with E-state index in [-0.39, 0.29) is 11.6 Å². The van der Waals surface area contributed by atoms with Gasteiger partial charge in [-0.25, -0.2) is 0 Å².